The molecule has 2 aromatic rings. The van der Waals surface area contributed by atoms with E-state index in [9.17, 15) is 26.4 Å². The zero-order chi connectivity index (χ0) is 19.1. The predicted octanol–water partition coefficient (Wildman–Crippen LogP) is 2.72. The van der Waals surface area contributed by atoms with Crippen LogP contribution in [-0.2, 0) is 21.4 Å². The molecule has 3 rings (SSSR count). The van der Waals surface area contributed by atoms with Crippen molar-refractivity contribution < 1.29 is 31.1 Å². The molecule has 1 aliphatic rings. The van der Waals surface area contributed by atoms with E-state index in [1.54, 1.807) is 0 Å². The monoisotopic (exact) mass is 386 g/mol. The van der Waals surface area contributed by atoms with Gasteiger partial charge in [-0.2, -0.15) is 13.2 Å². The SMILES string of the molecule is NS(=O)(=O)c1cccc(NC(=O)c2ccc3c(c2)C(C(F)(F)F)OC3)c1. The van der Waals surface area contributed by atoms with Crippen LogP contribution >= 0.6 is 0 Å². The van der Waals surface area contributed by atoms with Gasteiger partial charge in [-0.3, -0.25) is 4.79 Å². The number of halogens is 3. The minimum atomic E-state index is -4.58. The largest absolute Gasteiger partial charge is 0.418 e. The van der Waals surface area contributed by atoms with E-state index < -0.39 is 28.2 Å². The normalized spacial score (nSPS) is 17.0. The van der Waals surface area contributed by atoms with Gasteiger partial charge in [0.2, 0.25) is 10.0 Å². The number of alkyl halides is 3. The van der Waals surface area contributed by atoms with Crippen LogP contribution in [0.2, 0.25) is 0 Å². The van der Waals surface area contributed by atoms with Crippen LogP contribution in [0.1, 0.15) is 27.6 Å². The molecule has 3 N–H and O–H groups in total. The van der Waals surface area contributed by atoms with Crippen molar-refractivity contribution in [2.45, 2.75) is 23.8 Å². The molecular formula is C16H13F3N2O4S. The van der Waals surface area contributed by atoms with Gasteiger partial charge in [0.1, 0.15) is 0 Å². The van der Waals surface area contributed by atoms with Crippen LogP contribution in [0.15, 0.2) is 47.4 Å². The van der Waals surface area contributed by atoms with Crippen molar-refractivity contribution in [3.8, 4) is 0 Å². The molecular weight excluding hydrogens is 373 g/mol. The second kappa shape index (κ2) is 6.38. The van der Waals surface area contributed by atoms with Gasteiger partial charge in [-0.05, 0) is 41.5 Å². The van der Waals surface area contributed by atoms with E-state index in [0.29, 0.717) is 5.56 Å². The third-order valence-electron chi connectivity index (χ3n) is 3.81. The Morgan fingerprint density at radius 3 is 2.58 bits per heavy atom. The zero-order valence-electron chi connectivity index (χ0n) is 13.1. The van der Waals surface area contributed by atoms with Gasteiger partial charge in [0, 0.05) is 11.3 Å². The molecule has 0 fully saturated rings. The second-order valence-corrected chi connectivity index (χ2v) is 7.23. The molecule has 6 nitrogen and oxygen atoms in total. The van der Waals surface area contributed by atoms with Gasteiger partial charge in [0.15, 0.2) is 6.10 Å². The first-order valence-corrected chi connectivity index (χ1v) is 8.86. The average Bonchev–Trinajstić information content (AvgIpc) is 2.97. The minimum absolute atomic E-state index is 0.00971. The van der Waals surface area contributed by atoms with Crippen LogP contribution in [0, 0.1) is 0 Å². The highest BCUT2D eigenvalue weighted by atomic mass is 32.2. The molecule has 2 aromatic carbocycles. The maximum Gasteiger partial charge on any atom is 0.418 e. The lowest BCUT2D eigenvalue weighted by molar-refractivity contribution is -0.219. The number of anilines is 1. The number of benzene rings is 2. The van der Waals surface area contributed by atoms with Crippen LogP contribution in [0.5, 0.6) is 0 Å². The average molecular weight is 386 g/mol. The molecule has 1 unspecified atom stereocenters. The molecule has 1 aliphatic heterocycles. The zero-order valence-corrected chi connectivity index (χ0v) is 13.9. The Morgan fingerprint density at radius 2 is 1.92 bits per heavy atom. The highest BCUT2D eigenvalue weighted by molar-refractivity contribution is 7.89. The van der Waals surface area contributed by atoms with Crippen LogP contribution < -0.4 is 10.5 Å². The number of rotatable bonds is 3. The van der Waals surface area contributed by atoms with Gasteiger partial charge < -0.3 is 10.1 Å². The van der Waals surface area contributed by atoms with Crippen molar-refractivity contribution in [2.24, 2.45) is 5.14 Å². The Kier molecular flexibility index (Phi) is 4.51. The number of hydrogen-bond donors (Lipinski definition) is 2. The fourth-order valence-corrected chi connectivity index (χ4v) is 3.16. The molecule has 0 aliphatic carbocycles. The Balaban J connectivity index is 1.86. The summed E-state index contributed by atoms with van der Waals surface area (Å²) in [6, 6.07) is 9.12. The Labute approximate surface area is 146 Å². The number of fused-ring (bicyclic) bond motifs is 1. The maximum absolute atomic E-state index is 13.0. The topological polar surface area (TPSA) is 98.5 Å². The van der Waals surface area contributed by atoms with Gasteiger partial charge in [0.25, 0.3) is 5.91 Å². The molecule has 0 saturated heterocycles. The number of ether oxygens (including phenoxy) is 1. The van der Waals surface area contributed by atoms with Crippen LogP contribution in [0.25, 0.3) is 0 Å². The number of nitrogens with two attached hydrogens (primary N) is 1. The molecule has 0 saturated carbocycles. The molecule has 0 bridgehead atoms. The van der Waals surface area contributed by atoms with Crippen LogP contribution in [0.4, 0.5) is 18.9 Å². The third-order valence-corrected chi connectivity index (χ3v) is 4.72. The lowest BCUT2D eigenvalue weighted by atomic mass is 10.0. The number of hydrogen-bond acceptors (Lipinski definition) is 4. The standard InChI is InChI=1S/C16H13F3N2O4S/c17-16(18,19)14-13-6-9(4-5-10(13)8-25-14)15(22)21-11-2-1-3-12(7-11)26(20,23)24/h1-7,14H,8H2,(H,21,22)(H2,20,23,24). The van der Waals surface area contributed by atoms with Crippen molar-refractivity contribution in [1.29, 1.82) is 0 Å². The van der Waals surface area contributed by atoms with Crippen molar-refractivity contribution in [2.75, 3.05) is 5.32 Å². The highest BCUT2D eigenvalue weighted by Gasteiger charge is 2.45. The van der Waals surface area contributed by atoms with E-state index in [1.807, 2.05) is 0 Å². The summed E-state index contributed by atoms with van der Waals surface area (Å²) in [7, 11) is -3.95. The van der Waals surface area contributed by atoms with Gasteiger partial charge in [0.05, 0.1) is 11.5 Å². The number of nitrogens with one attached hydrogen (secondary N) is 1. The van der Waals surface area contributed by atoms with E-state index in [1.165, 1.54) is 30.3 Å². The fraction of sp³-hybridized carbons (Fsp3) is 0.188. The first-order chi connectivity index (χ1) is 12.1. The maximum atomic E-state index is 13.0. The van der Waals surface area contributed by atoms with Crippen LogP contribution in [-0.4, -0.2) is 20.5 Å². The van der Waals surface area contributed by atoms with Gasteiger partial charge >= 0.3 is 6.18 Å². The van der Waals surface area contributed by atoms with E-state index in [0.717, 1.165) is 12.1 Å². The molecule has 1 amide bonds. The summed E-state index contributed by atoms with van der Waals surface area (Å²) >= 11 is 0. The Morgan fingerprint density at radius 1 is 1.19 bits per heavy atom. The minimum Gasteiger partial charge on any atom is -0.359 e. The summed E-state index contributed by atoms with van der Waals surface area (Å²) in [5, 5.41) is 7.46. The van der Waals surface area contributed by atoms with E-state index >= 15 is 0 Å². The van der Waals surface area contributed by atoms with Gasteiger partial charge in [-0.25, -0.2) is 13.6 Å². The number of primary sulfonamides is 1. The quantitative estimate of drug-likeness (QED) is 0.847. The summed E-state index contributed by atoms with van der Waals surface area (Å²) in [5.41, 5.74) is 0.388. The molecule has 0 aromatic heterocycles. The lowest BCUT2D eigenvalue weighted by Crippen LogP contribution is -2.20. The third kappa shape index (κ3) is 3.71. The summed E-state index contributed by atoms with van der Waals surface area (Å²) < 4.78 is 66.4. The molecule has 0 radical (unpaired) electrons. The lowest BCUT2D eigenvalue weighted by Gasteiger charge is -2.15. The summed E-state index contributed by atoms with van der Waals surface area (Å²) in [5.74, 6) is -0.688. The predicted molar refractivity (Wildman–Crippen MR) is 85.8 cm³/mol. The summed E-state index contributed by atoms with van der Waals surface area (Å²) in [6.07, 6.45) is -6.65. The number of carbonyl (C=O) groups is 1. The number of amides is 1. The molecule has 1 heterocycles. The molecule has 138 valence electrons. The second-order valence-electron chi connectivity index (χ2n) is 5.67. The van der Waals surface area contributed by atoms with Crippen molar-refractivity contribution in [1.82, 2.24) is 0 Å². The van der Waals surface area contributed by atoms with Crippen molar-refractivity contribution in [3.05, 3.63) is 59.2 Å². The highest BCUT2D eigenvalue weighted by Crippen LogP contribution is 2.42. The fourth-order valence-electron chi connectivity index (χ4n) is 2.60. The summed E-state index contributed by atoms with van der Waals surface area (Å²) in [6.45, 7) is -0.183. The number of carbonyl (C=O) groups excluding carboxylic acids is 1. The molecule has 0 spiro atoms. The summed E-state index contributed by atoms with van der Waals surface area (Å²) in [4.78, 5) is 12.1. The van der Waals surface area contributed by atoms with E-state index in [-0.39, 0.29) is 28.3 Å². The van der Waals surface area contributed by atoms with E-state index in [2.05, 4.69) is 5.32 Å². The Hall–Kier alpha value is -2.43. The van der Waals surface area contributed by atoms with Crippen molar-refractivity contribution in [3.63, 3.8) is 0 Å². The smallest absolute Gasteiger partial charge is 0.359 e. The first kappa shape index (κ1) is 18.4. The van der Waals surface area contributed by atoms with Crippen molar-refractivity contribution >= 4 is 21.6 Å². The van der Waals surface area contributed by atoms with Gasteiger partial charge in [-0.1, -0.05) is 12.1 Å². The molecule has 1 atom stereocenters. The number of sulfonamides is 1. The first-order valence-electron chi connectivity index (χ1n) is 7.31. The molecule has 10 heteroatoms. The Bertz CT molecular complexity index is 974. The van der Waals surface area contributed by atoms with Gasteiger partial charge in [-0.15, -0.1) is 0 Å². The molecule has 26 heavy (non-hydrogen) atoms. The van der Waals surface area contributed by atoms with Crippen LogP contribution in [0.3, 0.4) is 0 Å². The van der Waals surface area contributed by atoms with E-state index in [4.69, 9.17) is 9.88 Å².